The highest BCUT2D eigenvalue weighted by Gasteiger charge is 2.25. The number of nitrogens with zero attached hydrogens (tertiary/aromatic N) is 2. The van der Waals surface area contributed by atoms with Gasteiger partial charge in [-0.25, -0.2) is 9.97 Å². The lowest BCUT2D eigenvalue weighted by molar-refractivity contribution is -0.135. The van der Waals surface area contributed by atoms with Crippen molar-refractivity contribution in [3.63, 3.8) is 0 Å². The van der Waals surface area contributed by atoms with Crippen LogP contribution < -0.4 is 10.6 Å². The van der Waals surface area contributed by atoms with Crippen LogP contribution in [-0.4, -0.2) is 29.7 Å². The van der Waals surface area contributed by atoms with Crippen molar-refractivity contribution in [3.05, 3.63) is 11.9 Å². The van der Waals surface area contributed by atoms with E-state index in [2.05, 4.69) is 20.6 Å². The lowest BCUT2D eigenvalue weighted by Gasteiger charge is -2.09. The number of aryl methyl sites for hydroxylation is 1. The summed E-state index contributed by atoms with van der Waals surface area (Å²) in [7, 11) is 1.74. The van der Waals surface area contributed by atoms with E-state index < -0.39 is 12.6 Å². The lowest BCUT2D eigenvalue weighted by atomic mass is 10.2. The molecule has 0 atom stereocenters. The van der Waals surface area contributed by atoms with E-state index in [9.17, 15) is 13.2 Å². The maximum absolute atomic E-state index is 11.9. The molecule has 0 aliphatic carbocycles. The molecule has 0 aliphatic rings. The molecule has 102 valence electrons. The van der Waals surface area contributed by atoms with Gasteiger partial charge in [0.1, 0.15) is 17.5 Å². The van der Waals surface area contributed by atoms with Gasteiger partial charge in [0.15, 0.2) is 0 Å². The fourth-order valence-electron chi connectivity index (χ4n) is 1.45. The molecular weight excluding hydrogens is 245 g/mol. The van der Waals surface area contributed by atoms with Gasteiger partial charge in [-0.1, -0.05) is 0 Å². The van der Waals surface area contributed by atoms with Crippen LogP contribution in [0.4, 0.5) is 24.8 Å². The second-order valence-electron chi connectivity index (χ2n) is 3.93. The Labute approximate surface area is 104 Å². The summed E-state index contributed by atoms with van der Waals surface area (Å²) in [6.45, 7) is 2.23. The van der Waals surface area contributed by atoms with Gasteiger partial charge in [0.05, 0.1) is 0 Å². The number of halogens is 3. The summed E-state index contributed by atoms with van der Waals surface area (Å²) < 4.78 is 35.7. The molecule has 7 heteroatoms. The van der Waals surface area contributed by atoms with E-state index >= 15 is 0 Å². The third-order valence-corrected chi connectivity index (χ3v) is 2.29. The molecule has 0 fully saturated rings. The van der Waals surface area contributed by atoms with Crippen LogP contribution in [0.5, 0.6) is 0 Å². The Morgan fingerprint density at radius 1 is 1.17 bits per heavy atom. The molecule has 0 unspecified atom stereocenters. The minimum atomic E-state index is -4.06. The van der Waals surface area contributed by atoms with Crippen molar-refractivity contribution in [2.24, 2.45) is 0 Å². The predicted molar refractivity (Wildman–Crippen MR) is 64.7 cm³/mol. The largest absolute Gasteiger partial charge is 0.389 e. The summed E-state index contributed by atoms with van der Waals surface area (Å²) in [5.74, 6) is 1.92. The molecule has 2 N–H and O–H groups in total. The zero-order chi connectivity index (χ0) is 13.6. The van der Waals surface area contributed by atoms with Crippen LogP contribution in [0.2, 0.25) is 0 Å². The molecule has 0 amide bonds. The quantitative estimate of drug-likeness (QED) is 0.774. The van der Waals surface area contributed by atoms with Gasteiger partial charge in [0.25, 0.3) is 0 Å². The Kier molecular flexibility index (Phi) is 5.18. The Morgan fingerprint density at radius 2 is 1.83 bits per heavy atom. The van der Waals surface area contributed by atoms with Crippen molar-refractivity contribution in [1.29, 1.82) is 0 Å². The third-order valence-electron chi connectivity index (χ3n) is 2.29. The van der Waals surface area contributed by atoms with E-state index in [0.717, 1.165) is 0 Å². The molecule has 0 aliphatic heterocycles. The fraction of sp³-hybridized carbons (Fsp3) is 0.636. The van der Waals surface area contributed by atoms with Gasteiger partial charge >= 0.3 is 6.18 Å². The average molecular weight is 262 g/mol. The van der Waals surface area contributed by atoms with Crippen molar-refractivity contribution in [2.45, 2.75) is 32.4 Å². The number of alkyl halides is 3. The summed E-state index contributed by atoms with van der Waals surface area (Å²) in [5, 5.41) is 5.88. The number of rotatable bonds is 6. The van der Waals surface area contributed by atoms with Crippen molar-refractivity contribution in [2.75, 3.05) is 24.2 Å². The normalized spacial score (nSPS) is 11.4. The van der Waals surface area contributed by atoms with Crippen molar-refractivity contribution in [1.82, 2.24) is 9.97 Å². The fourth-order valence-corrected chi connectivity index (χ4v) is 1.45. The molecule has 4 nitrogen and oxygen atoms in total. The zero-order valence-corrected chi connectivity index (χ0v) is 10.4. The molecule has 1 rings (SSSR count). The van der Waals surface area contributed by atoms with E-state index in [1.807, 2.05) is 0 Å². The first-order chi connectivity index (χ1) is 8.40. The van der Waals surface area contributed by atoms with Crippen LogP contribution in [0.1, 0.15) is 25.1 Å². The molecule has 18 heavy (non-hydrogen) atoms. The van der Waals surface area contributed by atoms with Gasteiger partial charge in [-0.2, -0.15) is 13.2 Å². The third kappa shape index (κ3) is 5.70. The minimum absolute atomic E-state index is 0.124. The van der Waals surface area contributed by atoms with Gasteiger partial charge in [0.2, 0.25) is 0 Å². The van der Waals surface area contributed by atoms with Gasteiger partial charge in [-0.05, 0) is 19.8 Å². The number of anilines is 2. The number of hydrogen-bond acceptors (Lipinski definition) is 4. The molecule has 1 aromatic rings. The number of unbranched alkanes of at least 4 members (excludes halogenated alkanes) is 1. The molecule has 1 aromatic heterocycles. The van der Waals surface area contributed by atoms with Crippen molar-refractivity contribution < 1.29 is 13.2 Å². The Bertz CT molecular complexity index is 379. The van der Waals surface area contributed by atoms with Crippen LogP contribution in [0, 0.1) is 6.92 Å². The van der Waals surface area contributed by atoms with E-state index in [1.54, 1.807) is 20.0 Å². The molecule has 0 spiro atoms. The van der Waals surface area contributed by atoms with Crippen LogP contribution in [0.3, 0.4) is 0 Å². The standard InChI is InChI=1S/C11H17F3N4/c1-8-17-9(15-2)7-10(18-8)16-6-4-3-5-11(12,13)14/h7H,3-6H2,1-2H3,(H2,15,16,17,18). The second-order valence-corrected chi connectivity index (χ2v) is 3.93. The molecule has 0 bridgehead atoms. The van der Waals surface area contributed by atoms with Crippen LogP contribution in [-0.2, 0) is 0 Å². The topological polar surface area (TPSA) is 49.8 Å². The predicted octanol–water partition coefficient (Wildman–Crippen LogP) is 2.97. The maximum Gasteiger partial charge on any atom is 0.389 e. The van der Waals surface area contributed by atoms with E-state index in [0.29, 0.717) is 30.4 Å². The first-order valence-electron chi connectivity index (χ1n) is 5.75. The Morgan fingerprint density at radius 3 is 2.44 bits per heavy atom. The highest BCUT2D eigenvalue weighted by atomic mass is 19.4. The summed E-state index contributed by atoms with van der Waals surface area (Å²) in [5.41, 5.74) is 0. The zero-order valence-electron chi connectivity index (χ0n) is 10.4. The SMILES string of the molecule is CNc1cc(NCCCCC(F)(F)F)nc(C)n1. The second kappa shape index (κ2) is 6.42. The van der Waals surface area contributed by atoms with Crippen molar-refractivity contribution >= 4 is 11.6 Å². The summed E-state index contributed by atoms with van der Waals surface area (Å²) >= 11 is 0. The molecule has 0 saturated heterocycles. The number of aromatic nitrogens is 2. The Hall–Kier alpha value is -1.53. The van der Waals surface area contributed by atoms with Gasteiger partial charge in [0, 0.05) is 26.1 Å². The summed E-state index contributed by atoms with van der Waals surface area (Å²) in [4.78, 5) is 8.26. The highest BCUT2D eigenvalue weighted by molar-refractivity contribution is 5.46. The van der Waals surface area contributed by atoms with Gasteiger partial charge in [-0.15, -0.1) is 0 Å². The summed E-state index contributed by atoms with van der Waals surface area (Å²) in [6.07, 6.45) is -4.22. The molecular formula is C11H17F3N4. The first kappa shape index (κ1) is 14.5. The molecule has 0 radical (unpaired) electrons. The minimum Gasteiger partial charge on any atom is -0.373 e. The maximum atomic E-state index is 11.9. The van der Waals surface area contributed by atoms with Crippen molar-refractivity contribution in [3.8, 4) is 0 Å². The van der Waals surface area contributed by atoms with E-state index in [-0.39, 0.29) is 6.42 Å². The highest BCUT2D eigenvalue weighted by Crippen LogP contribution is 2.22. The van der Waals surface area contributed by atoms with Gasteiger partial charge < -0.3 is 10.6 Å². The summed E-state index contributed by atoms with van der Waals surface area (Å²) in [6, 6.07) is 1.72. The molecule has 1 heterocycles. The first-order valence-corrected chi connectivity index (χ1v) is 5.75. The van der Waals surface area contributed by atoms with E-state index in [1.165, 1.54) is 0 Å². The van der Waals surface area contributed by atoms with E-state index in [4.69, 9.17) is 0 Å². The smallest absolute Gasteiger partial charge is 0.373 e. The van der Waals surface area contributed by atoms with Gasteiger partial charge in [-0.3, -0.25) is 0 Å². The molecule has 0 saturated carbocycles. The monoisotopic (exact) mass is 262 g/mol. The van der Waals surface area contributed by atoms with Crippen LogP contribution in [0.25, 0.3) is 0 Å². The molecule has 0 aromatic carbocycles. The van der Waals surface area contributed by atoms with Crippen LogP contribution in [0.15, 0.2) is 6.07 Å². The Balaban J connectivity index is 2.33. The lowest BCUT2D eigenvalue weighted by Crippen LogP contribution is -2.10. The number of nitrogens with one attached hydrogen (secondary N) is 2. The average Bonchev–Trinajstić information content (AvgIpc) is 2.26. The number of hydrogen-bond donors (Lipinski definition) is 2. The van der Waals surface area contributed by atoms with Crippen LogP contribution >= 0.6 is 0 Å².